The molecule has 0 bridgehead atoms. The van der Waals surface area contributed by atoms with E-state index >= 15 is 0 Å². The Morgan fingerprint density at radius 1 is 1.55 bits per heavy atom. The molecule has 0 atom stereocenters. The second-order valence-corrected chi connectivity index (χ2v) is 2.35. The molecule has 0 aromatic carbocycles. The number of hydrogen-bond acceptors (Lipinski definition) is 2. The third kappa shape index (κ3) is 1.83. The second-order valence-electron chi connectivity index (χ2n) is 2.01. The highest BCUT2D eigenvalue weighted by atomic mass is 35.5. The number of alkyl halides is 2. The van der Waals surface area contributed by atoms with E-state index in [4.69, 9.17) is 11.6 Å². The quantitative estimate of drug-likeness (QED) is 0.617. The fraction of sp³-hybridized carbons (Fsp3) is 0.333. The van der Waals surface area contributed by atoms with Crippen LogP contribution in [0, 0.1) is 6.92 Å². The van der Waals surface area contributed by atoms with Crippen molar-refractivity contribution in [2.45, 2.75) is 13.3 Å². The van der Waals surface area contributed by atoms with Gasteiger partial charge in [-0.1, -0.05) is 0 Å². The highest BCUT2D eigenvalue weighted by Gasteiger charge is 2.12. The standard InChI is InChI=1S/C6H5ClF2N2/c1-3-2-10-6(7)11-4(3)5(8)9/h2,5H,1H3. The molecular formula is C6H5ClF2N2. The van der Waals surface area contributed by atoms with E-state index in [2.05, 4.69) is 9.97 Å². The van der Waals surface area contributed by atoms with Crippen molar-refractivity contribution >= 4 is 11.6 Å². The molecule has 0 aliphatic heterocycles. The van der Waals surface area contributed by atoms with E-state index in [1.807, 2.05) is 0 Å². The molecule has 0 fully saturated rings. The van der Waals surface area contributed by atoms with E-state index in [9.17, 15) is 8.78 Å². The minimum Gasteiger partial charge on any atom is -0.226 e. The van der Waals surface area contributed by atoms with E-state index in [-0.39, 0.29) is 11.0 Å². The monoisotopic (exact) mass is 178 g/mol. The molecule has 0 aliphatic rings. The molecule has 0 saturated carbocycles. The number of halogens is 3. The lowest BCUT2D eigenvalue weighted by Gasteiger charge is -2.01. The number of hydrogen-bond donors (Lipinski definition) is 0. The molecule has 0 aliphatic carbocycles. The average molecular weight is 179 g/mol. The first-order chi connectivity index (χ1) is 5.11. The Labute approximate surface area is 67.2 Å². The van der Waals surface area contributed by atoms with Crippen molar-refractivity contribution in [1.82, 2.24) is 9.97 Å². The third-order valence-corrected chi connectivity index (χ3v) is 1.37. The lowest BCUT2D eigenvalue weighted by Crippen LogP contribution is -1.96. The zero-order chi connectivity index (χ0) is 8.43. The number of aryl methyl sites for hydroxylation is 1. The van der Waals surface area contributed by atoms with Crippen LogP contribution in [0.25, 0.3) is 0 Å². The maximum absolute atomic E-state index is 12.1. The summed E-state index contributed by atoms with van der Waals surface area (Å²) >= 11 is 5.31. The highest BCUT2D eigenvalue weighted by Crippen LogP contribution is 2.20. The van der Waals surface area contributed by atoms with E-state index in [1.165, 1.54) is 13.1 Å². The largest absolute Gasteiger partial charge is 0.280 e. The molecule has 0 N–H and O–H groups in total. The van der Waals surface area contributed by atoms with E-state index in [0.717, 1.165) is 0 Å². The van der Waals surface area contributed by atoms with Gasteiger partial charge in [0.2, 0.25) is 5.28 Å². The summed E-state index contributed by atoms with van der Waals surface area (Å²) in [4.78, 5) is 6.92. The van der Waals surface area contributed by atoms with Gasteiger partial charge in [-0.3, -0.25) is 0 Å². The van der Waals surface area contributed by atoms with Gasteiger partial charge in [-0.2, -0.15) is 0 Å². The molecular weight excluding hydrogens is 174 g/mol. The van der Waals surface area contributed by atoms with Gasteiger partial charge in [-0.15, -0.1) is 0 Å². The minimum atomic E-state index is -2.59. The molecule has 2 nitrogen and oxygen atoms in total. The topological polar surface area (TPSA) is 25.8 Å². The van der Waals surface area contributed by atoms with Gasteiger partial charge >= 0.3 is 0 Å². The Kier molecular flexibility index (Phi) is 2.34. The Morgan fingerprint density at radius 2 is 2.18 bits per heavy atom. The zero-order valence-corrected chi connectivity index (χ0v) is 6.44. The third-order valence-electron chi connectivity index (χ3n) is 1.19. The summed E-state index contributed by atoms with van der Waals surface area (Å²) in [6.07, 6.45) is -1.31. The Balaban J connectivity index is 3.13. The number of rotatable bonds is 1. The van der Waals surface area contributed by atoms with Crippen LogP contribution >= 0.6 is 11.6 Å². The summed E-state index contributed by atoms with van der Waals surface area (Å²) in [5, 5.41) is -0.147. The van der Waals surface area contributed by atoms with Crippen molar-refractivity contribution in [3.05, 3.63) is 22.7 Å². The summed E-state index contributed by atoms with van der Waals surface area (Å²) in [6, 6.07) is 0. The molecule has 11 heavy (non-hydrogen) atoms. The van der Waals surface area contributed by atoms with Crippen molar-refractivity contribution in [2.24, 2.45) is 0 Å². The summed E-state index contributed by atoms with van der Waals surface area (Å²) < 4.78 is 24.1. The highest BCUT2D eigenvalue weighted by molar-refractivity contribution is 6.28. The van der Waals surface area contributed by atoms with E-state index in [1.54, 1.807) is 0 Å². The predicted molar refractivity (Wildman–Crippen MR) is 36.7 cm³/mol. The fourth-order valence-corrected chi connectivity index (χ4v) is 0.793. The SMILES string of the molecule is Cc1cnc(Cl)nc1C(F)F. The van der Waals surface area contributed by atoms with Crippen molar-refractivity contribution in [1.29, 1.82) is 0 Å². The van der Waals surface area contributed by atoms with Crippen LogP contribution in [0.5, 0.6) is 0 Å². The van der Waals surface area contributed by atoms with Crippen molar-refractivity contribution in [3.8, 4) is 0 Å². The van der Waals surface area contributed by atoms with Crippen LogP contribution in [0.4, 0.5) is 8.78 Å². The van der Waals surface area contributed by atoms with Gasteiger partial charge in [0.05, 0.1) is 0 Å². The predicted octanol–water partition coefficient (Wildman–Crippen LogP) is 2.38. The van der Waals surface area contributed by atoms with Gasteiger partial charge in [-0.05, 0) is 24.1 Å². The lowest BCUT2D eigenvalue weighted by atomic mass is 10.3. The molecule has 1 aromatic heterocycles. The molecule has 1 aromatic rings. The van der Waals surface area contributed by atoms with Gasteiger partial charge in [0.25, 0.3) is 6.43 Å². The molecule has 0 spiro atoms. The molecule has 1 heterocycles. The van der Waals surface area contributed by atoms with Gasteiger partial charge < -0.3 is 0 Å². The molecule has 5 heteroatoms. The lowest BCUT2D eigenvalue weighted by molar-refractivity contribution is 0.145. The molecule has 0 unspecified atom stereocenters. The van der Waals surface area contributed by atoms with Crippen LogP contribution in [-0.4, -0.2) is 9.97 Å². The van der Waals surface area contributed by atoms with Crippen LogP contribution in [0.1, 0.15) is 17.7 Å². The molecule has 0 amide bonds. The summed E-state index contributed by atoms with van der Waals surface area (Å²) in [6.45, 7) is 1.51. The normalized spacial score (nSPS) is 10.6. The van der Waals surface area contributed by atoms with Crippen LogP contribution in [0.2, 0.25) is 5.28 Å². The Hall–Kier alpha value is -0.770. The van der Waals surface area contributed by atoms with Gasteiger partial charge in [-0.25, -0.2) is 18.7 Å². The molecule has 0 radical (unpaired) electrons. The number of nitrogens with zero attached hydrogens (tertiary/aromatic N) is 2. The van der Waals surface area contributed by atoms with Gasteiger partial charge in [0, 0.05) is 6.20 Å². The van der Waals surface area contributed by atoms with Crippen LogP contribution in [0.3, 0.4) is 0 Å². The smallest absolute Gasteiger partial charge is 0.226 e. The summed E-state index contributed by atoms with van der Waals surface area (Å²) in [5.41, 5.74) is 0.0504. The van der Waals surface area contributed by atoms with Crippen LogP contribution < -0.4 is 0 Å². The van der Waals surface area contributed by atoms with Gasteiger partial charge in [0.15, 0.2) is 0 Å². The summed E-state index contributed by atoms with van der Waals surface area (Å²) in [7, 11) is 0. The number of aromatic nitrogens is 2. The molecule has 1 rings (SSSR count). The van der Waals surface area contributed by atoms with Crippen molar-refractivity contribution in [3.63, 3.8) is 0 Å². The fourth-order valence-electron chi connectivity index (χ4n) is 0.654. The van der Waals surface area contributed by atoms with E-state index in [0.29, 0.717) is 5.56 Å². The van der Waals surface area contributed by atoms with Crippen LogP contribution in [-0.2, 0) is 0 Å². The van der Waals surface area contributed by atoms with Crippen molar-refractivity contribution in [2.75, 3.05) is 0 Å². The van der Waals surface area contributed by atoms with Crippen molar-refractivity contribution < 1.29 is 8.78 Å². The maximum Gasteiger partial charge on any atom is 0.280 e. The second kappa shape index (κ2) is 3.09. The molecule has 60 valence electrons. The zero-order valence-electron chi connectivity index (χ0n) is 5.68. The Morgan fingerprint density at radius 3 is 2.64 bits per heavy atom. The van der Waals surface area contributed by atoms with Gasteiger partial charge in [0.1, 0.15) is 5.69 Å². The van der Waals surface area contributed by atoms with E-state index < -0.39 is 6.43 Å². The average Bonchev–Trinajstić information content (AvgIpc) is 1.94. The summed E-state index contributed by atoms with van der Waals surface area (Å²) in [5.74, 6) is 0. The molecule has 0 saturated heterocycles. The first-order valence-electron chi connectivity index (χ1n) is 2.88. The Bertz CT molecular complexity index is 265. The maximum atomic E-state index is 12.1. The first-order valence-corrected chi connectivity index (χ1v) is 3.26. The van der Waals surface area contributed by atoms with Crippen LogP contribution in [0.15, 0.2) is 6.20 Å². The minimum absolute atomic E-state index is 0.147. The first kappa shape index (κ1) is 8.33.